The van der Waals surface area contributed by atoms with Crippen molar-refractivity contribution in [2.45, 2.75) is 20.0 Å². The number of anilines is 1. The Balaban J connectivity index is 2.94. The van der Waals surface area contributed by atoms with Crippen LogP contribution in [0.5, 0.6) is 0 Å². The van der Waals surface area contributed by atoms with Gasteiger partial charge in [0.15, 0.2) is 0 Å². The van der Waals surface area contributed by atoms with Gasteiger partial charge in [0, 0.05) is 12.2 Å². The number of alkyl halides is 3. The van der Waals surface area contributed by atoms with Gasteiger partial charge in [-0.3, -0.25) is 0 Å². The summed E-state index contributed by atoms with van der Waals surface area (Å²) in [5.41, 5.74) is -0.209. The Kier molecular flexibility index (Phi) is 3.98. The van der Waals surface area contributed by atoms with Crippen molar-refractivity contribution in [3.63, 3.8) is 0 Å². The average Bonchev–Trinajstić information content (AvgIpc) is 2.15. The number of hydrogen-bond acceptors (Lipinski definition) is 1. The molecular weight excluding hydrogens is 233 g/mol. The lowest BCUT2D eigenvalue weighted by Crippen LogP contribution is -2.28. The second-order valence-electron chi connectivity index (χ2n) is 3.57. The van der Waals surface area contributed by atoms with Gasteiger partial charge in [0.25, 0.3) is 0 Å². The highest BCUT2D eigenvalue weighted by Gasteiger charge is 2.30. The van der Waals surface area contributed by atoms with E-state index in [0.29, 0.717) is 12.1 Å². The van der Waals surface area contributed by atoms with Crippen LogP contribution in [0.3, 0.4) is 0 Å². The fourth-order valence-electron chi connectivity index (χ4n) is 1.35. The van der Waals surface area contributed by atoms with Crippen molar-refractivity contribution >= 4 is 11.7 Å². The maximum Gasteiger partial charge on any atom is 0.416 e. The number of urea groups is 1. The van der Waals surface area contributed by atoms with E-state index in [1.165, 1.54) is 13.0 Å². The van der Waals surface area contributed by atoms with Crippen LogP contribution in [0.15, 0.2) is 18.2 Å². The molecular formula is C11H13F3N2O. The van der Waals surface area contributed by atoms with E-state index in [-0.39, 0.29) is 5.69 Å². The minimum Gasteiger partial charge on any atom is -0.338 e. The molecule has 0 radical (unpaired) electrons. The van der Waals surface area contributed by atoms with Crippen LogP contribution in [0, 0.1) is 6.92 Å². The number of halogens is 3. The molecule has 6 heteroatoms. The van der Waals surface area contributed by atoms with E-state index in [1.807, 2.05) is 0 Å². The molecule has 17 heavy (non-hydrogen) atoms. The molecule has 2 amide bonds. The Hall–Kier alpha value is -1.72. The van der Waals surface area contributed by atoms with Gasteiger partial charge in [-0.05, 0) is 37.6 Å². The Morgan fingerprint density at radius 3 is 2.47 bits per heavy atom. The second kappa shape index (κ2) is 5.07. The van der Waals surface area contributed by atoms with Crippen molar-refractivity contribution in [2.24, 2.45) is 0 Å². The monoisotopic (exact) mass is 246 g/mol. The lowest BCUT2D eigenvalue weighted by molar-refractivity contribution is -0.137. The molecule has 0 aliphatic rings. The van der Waals surface area contributed by atoms with Crippen LogP contribution in [0.2, 0.25) is 0 Å². The number of nitrogens with one attached hydrogen (secondary N) is 2. The molecule has 2 N–H and O–H groups in total. The first-order valence-electron chi connectivity index (χ1n) is 5.06. The molecule has 0 saturated heterocycles. The highest BCUT2D eigenvalue weighted by molar-refractivity contribution is 5.89. The highest BCUT2D eigenvalue weighted by atomic mass is 19.4. The third-order valence-corrected chi connectivity index (χ3v) is 2.00. The predicted molar refractivity (Wildman–Crippen MR) is 58.9 cm³/mol. The van der Waals surface area contributed by atoms with E-state index >= 15 is 0 Å². The van der Waals surface area contributed by atoms with Crippen LogP contribution in [0.4, 0.5) is 23.7 Å². The van der Waals surface area contributed by atoms with Crippen LogP contribution in [0.25, 0.3) is 0 Å². The van der Waals surface area contributed by atoms with E-state index < -0.39 is 17.8 Å². The topological polar surface area (TPSA) is 41.1 Å². The minimum absolute atomic E-state index is 0.128. The number of benzene rings is 1. The Morgan fingerprint density at radius 1 is 1.29 bits per heavy atom. The van der Waals surface area contributed by atoms with Crippen molar-refractivity contribution < 1.29 is 18.0 Å². The molecule has 94 valence electrons. The molecule has 1 aromatic carbocycles. The summed E-state index contributed by atoms with van der Waals surface area (Å²) in [5, 5.41) is 4.79. The first-order chi connectivity index (χ1) is 7.82. The summed E-state index contributed by atoms with van der Waals surface area (Å²) in [5.74, 6) is 0. The fraction of sp³-hybridized carbons (Fsp3) is 0.364. The number of carbonyl (C=O) groups is 1. The molecule has 0 spiro atoms. The molecule has 0 atom stereocenters. The van der Waals surface area contributed by atoms with Gasteiger partial charge in [-0.1, -0.05) is 0 Å². The lowest BCUT2D eigenvalue weighted by atomic mass is 10.1. The molecule has 0 unspecified atom stereocenters. The van der Waals surface area contributed by atoms with Crippen LogP contribution in [-0.2, 0) is 6.18 Å². The molecule has 0 aromatic heterocycles. The largest absolute Gasteiger partial charge is 0.416 e. The first-order valence-corrected chi connectivity index (χ1v) is 5.06. The molecule has 0 bridgehead atoms. The Labute approximate surface area is 97.0 Å². The summed E-state index contributed by atoms with van der Waals surface area (Å²) in [7, 11) is 0. The number of rotatable bonds is 2. The van der Waals surface area contributed by atoms with Gasteiger partial charge < -0.3 is 10.6 Å². The van der Waals surface area contributed by atoms with Gasteiger partial charge in [-0.2, -0.15) is 13.2 Å². The van der Waals surface area contributed by atoms with Gasteiger partial charge in [-0.25, -0.2) is 4.79 Å². The predicted octanol–water partition coefficient (Wildman–Crippen LogP) is 3.16. The van der Waals surface area contributed by atoms with E-state index in [4.69, 9.17) is 0 Å². The fourth-order valence-corrected chi connectivity index (χ4v) is 1.35. The van der Waals surface area contributed by atoms with Gasteiger partial charge in [0.1, 0.15) is 0 Å². The second-order valence-corrected chi connectivity index (χ2v) is 3.57. The zero-order chi connectivity index (χ0) is 13.1. The third-order valence-electron chi connectivity index (χ3n) is 2.00. The molecule has 3 nitrogen and oxygen atoms in total. The van der Waals surface area contributed by atoms with Crippen molar-refractivity contribution in [2.75, 3.05) is 11.9 Å². The van der Waals surface area contributed by atoms with E-state index in [9.17, 15) is 18.0 Å². The number of hydrogen-bond donors (Lipinski definition) is 2. The molecule has 1 rings (SSSR count). The zero-order valence-corrected chi connectivity index (χ0v) is 9.48. The summed E-state index contributed by atoms with van der Waals surface area (Å²) >= 11 is 0. The molecule has 0 aliphatic carbocycles. The minimum atomic E-state index is -4.41. The lowest BCUT2D eigenvalue weighted by Gasteiger charge is -2.11. The maximum atomic E-state index is 12.5. The van der Waals surface area contributed by atoms with Gasteiger partial charge >= 0.3 is 12.2 Å². The zero-order valence-electron chi connectivity index (χ0n) is 9.48. The SMILES string of the molecule is CCNC(=O)Nc1cc(C)cc(C(F)(F)F)c1. The van der Waals surface area contributed by atoms with Crippen LogP contribution in [0.1, 0.15) is 18.1 Å². The number of aryl methyl sites for hydroxylation is 1. The average molecular weight is 246 g/mol. The molecule has 0 aliphatic heterocycles. The molecule has 1 aromatic rings. The summed E-state index contributed by atoms with van der Waals surface area (Å²) in [6.45, 7) is 3.67. The Morgan fingerprint density at radius 2 is 1.94 bits per heavy atom. The van der Waals surface area contributed by atoms with Crippen LogP contribution < -0.4 is 10.6 Å². The quantitative estimate of drug-likeness (QED) is 0.826. The molecule has 0 fully saturated rings. The van der Waals surface area contributed by atoms with Crippen molar-refractivity contribution in [1.29, 1.82) is 0 Å². The third kappa shape index (κ3) is 3.97. The summed E-state index contributed by atoms with van der Waals surface area (Å²) < 4.78 is 37.5. The number of carbonyl (C=O) groups excluding carboxylic acids is 1. The van der Waals surface area contributed by atoms with Crippen molar-refractivity contribution in [1.82, 2.24) is 5.32 Å². The standard InChI is InChI=1S/C11H13F3N2O/c1-3-15-10(17)16-9-5-7(2)4-8(6-9)11(12,13)14/h4-6H,3H2,1-2H3,(H2,15,16,17). The highest BCUT2D eigenvalue weighted by Crippen LogP contribution is 2.31. The van der Waals surface area contributed by atoms with Crippen LogP contribution in [-0.4, -0.2) is 12.6 Å². The van der Waals surface area contributed by atoms with Gasteiger partial charge in [0.05, 0.1) is 5.56 Å². The Bertz CT molecular complexity index is 416. The van der Waals surface area contributed by atoms with E-state index in [0.717, 1.165) is 12.1 Å². The number of amides is 2. The molecule has 0 saturated carbocycles. The maximum absolute atomic E-state index is 12.5. The van der Waals surface area contributed by atoms with Crippen LogP contribution >= 0.6 is 0 Å². The van der Waals surface area contributed by atoms with Gasteiger partial charge in [-0.15, -0.1) is 0 Å². The molecule has 0 heterocycles. The van der Waals surface area contributed by atoms with Crippen molar-refractivity contribution in [3.8, 4) is 0 Å². The normalized spacial score (nSPS) is 11.1. The summed E-state index contributed by atoms with van der Waals surface area (Å²) in [4.78, 5) is 11.2. The van der Waals surface area contributed by atoms with E-state index in [2.05, 4.69) is 10.6 Å². The van der Waals surface area contributed by atoms with Gasteiger partial charge in [0.2, 0.25) is 0 Å². The summed E-state index contributed by atoms with van der Waals surface area (Å²) in [6, 6.07) is 2.89. The smallest absolute Gasteiger partial charge is 0.338 e. The summed E-state index contributed by atoms with van der Waals surface area (Å²) in [6.07, 6.45) is -4.41. The first kappa shape index (κ1) is 13.3. The van der Waals surface area contributed by atoms with Crippen molar-refractivity contribution in [3.05, 3.63) is 29.3 Å². The van der Waals surface area contributed by atoms with E-state index in [1.54, 1.807) is 6.92 Å².